The number of carbonyl (C=O) groups is 1. The zero-order chi connectivity index (χ0) is 16.1. The number of amides is 1. The molecular formula is C21H28N2O. The molecule has 1 amide bonds. The van der Waals surface area contributed by atoms with Gasteiger partial charge in [-0.2, -0.15) is 0 Å². The van der Waals surface area contributed by atoms with Crippen LogP contribution in [0.15, 0.2) is 30.3 Å². The van der Waals surface area contributed by atoms with Crippen molar-refractivity contribution >= 4 is 5.91 Å². The van der Waals surface area contributed by atoms with E-state index in [4.69, 9.17) is 0 Å². The van der Waals surface area contributed by atoms with Gasteiger partial charge in [0.1, 0.15) is 0 Å². The van der Waals surface area contributed by atoms with E-state index >= 15 is 0 Å². The second-order valence-electron chi connectivity index (χ2n) is 8.75. The molecule has 3 nitrogen and oxygen atoms in total. The molecular weight excluding hydrogens is 296 g/mol. The molecule has 4 aliphatic carbocycles. The Balaban J connectivity index is 1.22. The van der Waals surface area contributed by atoms with Gasteiger partial charge in [0.05, 0.1) is 5.41 Å². The summed E-state index contributed by atoms with van der Waals surface area (Å²) in [6, 6.07) is 10.7. The van der Waals surface area contributed by atoms with Crippen molar-refractivity contribution < 1.29 is 4.79 Å². The first kappa shape index (κ1) is 14.9. The summed E-state index contributed by atoms with van der Waals surface area (Å²) in [6.45, 7) is 4.91. The van der Waals surface area contributed by atoms with Crippen LogP contribution in [0.4, 0.5) is 0 Å². The Morgan fingerprint density at radius 1 is 0.958 bits per heavy atom. The van der Waals surface area contributed by atoms with E-state index in [9.17, 15) is 4.79 Å². The second kappa shape index (κ2) is 5.59. The van der Waals surface area contributed by atoms with Crippen molar-refractivity contribution in [2.45, 2.75) is 38.6 Å². The maximum atomic E-state index is 13.3. The van der Waals surface area contributed by atoms with Gasteiger partial charge in [-0.3, -0.25) is 9.69 Å². The van der Waals surface area contributed by atoms with E-state index in [1.165, 1.54) is 37.7 Å². The summed E-state index contributed by atoms with van der Waals surface area (Å²) < 4.78 is 0. The molecule has 24 heavy (non-hydrogen) atoms. The third-order valence-corrected chi connectivity index (χ3v) is 7.32. The highest BCUT2D eigenvalue weighted by molar-refractivity contribution is 5.84. The van der Waals surface area contributed by atoms with Crippen molar-refractivity contribution in [3.05, 3.63) is 35.9 Å². The summed E-state index contributed by atoms with van der Waals surface area (Å²) in [5.41, 5.74) is 1.44. The number of rotatable bonds is 3. The van der Waals surface area contributed by atoms with Gasteiger partial charge in [-0.1, -0.05) is 30.3 Å². The number of hydrogen-bond acceptors (Lipinski definition) is 2. The van der Waals surface area contributed by atoms with Crippen molar-refractivity contribution in [2.24, 2.45) is 23.2 Å². The average Bonchev–Trinajstić information content (AvgIpc) is 3.01. The lowest BCUT2D eigenvalue weighted by molar-refractivity contribution is -0.146. The van der Waals surface area contributed by atoms with Crippen molar-refractivity contribution in [3.63, 3.8) is 0 Å². The Hall–Kier alpha value is -1.35. The van der Waals surface area contributed by atoms with E-state index < -0.39 is 0 Å². The van der Waals surface area contributed by atoms with Crippen molar-refractivity contribution in [1.29, 1.82) is 0 Å². The van der Waals surface area contributed by atoms with Crippen LogP contribution < -0.4 is 0 Å². The summed E-state index contributed by atoms with van der Waals surface area (Å²) in [4.78, 5) is 18.1. The molecule has 0 radical (unpaired) electrons. The molecule has 128 valence electrons. The second-order valence-corrected chi connectivity index (χ2v) is 8.75. The maximum absolute atomic E-state index is 13.3. The molecule has 1 aromatic rings. The molecule has 4 bridgehead atoms. The monoisotopic (exact) mass is 324 g/mol. The zero-order valence-corrected chi connectivity index (χ0v) is 14.5. The van der Waals surface area contributed by atoms with Gasteiger partial charge in [-0.05, 0) is 55.4 Å². The fourth-order valence-electron chi connectivity index (χ4n) is 6.41. The lowest BCUT2D eigenvalue weighted by Gasteiger charge is -2.41. The number of benzene rings is 1. The summed E-state index contributed by atoms with van der Waals surface area (Å²) in [5.74, 6) is 2.98. The maximum Gasteiger partial charge on any atom is 0.229 e. The molecule has 3 heteroatoms. The van der Waals surface area contributed by atoms with Gasteiger partial charge in [-0.25, -0.2) is 0 Å². The van der Waals surface area contributed by atoms with Gasteiger partial charge in [0, 0.05) is 32.7 Å². The van der Waals surface area contributed by atoms with Crippen molar-refractivity contribution in [3.8, 4) is 0 Å². The summed E-state index contributed by atoms with van der Waals surface area (Å²) >= 11 is 0. The molecule has 5 aliphatic rings. The predicted octanol–water partition coefficient (Wildman–Crippen LogP) is 3.16. The molecule has 2 atom stereocenters. The third-order valence-electron chi connectivity index (χ3n) is 7.32. The SMILES string of the molecule is O=C(N1CCN(Cc2ccccc2)CC1)C12CC3CC(CC1C3)C2. The van der Waals surface area contributed by atoms with Crippen LogP contribution >= 0.6 is 0 Å². The molecule has 4 saturated carbocycles. The van der Waals surface area contributed by atoms with Crippen LogP contribution in [0.5, 0.6) is 0 Å². The van der Waals surface area contributed by atoms with E-state index in [0.29, 0.717) is 5.91 Å². The first-order chi connectivity index (χ1) is 11.7. The van der Waals surface area contributed by atoms with Gasteiger partial charge >= 0.3 is 0 Å². The molecule has 0 N–H and O–H groups in total. The highest BCUT2D eigenvalue weighted by Crippen LogP contribution is 2.65. The predicted molar refractivity (Wildman–Crippen MR) is 94.3 cm³/mol. The first-order valence-corrected chi connectivity index (χ1v) is 9.78. The fraction of sp³-hybridized carbons (Fsp3) is 0.667. The quantitative estimate of drug-likeness (QED) is 0.853. The van der Waals surface area contributed by atoms with Crippen LogP contribution in [0.2, 0.25) is 0 Å². The highest BCUT2D eigenvalue weighted by Gasteiger charge is 2.62. The van der Waals surface area contributed by atoms with E-state index in [1.54, 1.807) is 0 Å². The van der Waals surface area contributed by atoms with Gasteiger partial charge < -0.3 is 4.90 Å². The minimum Gasteiger partial charge on any atom is -0.340 e. The molecule has 1 aromatic carbocycles. The standard InChI is InChI=1S/C21H28N2O/c24-20(21-13-17-10-18(14-21)12-19(21)11-17)23-8-6-22(7-9-23)15-16-4-2-1-3-5-16/h1-5,17-19H,6-15H2. The Morgan fingerprint density at radius 3 is 2.29 bits per heavy atom. The van der Waals surface area contributed by atoms with Crippen LogP contribution in [0.25, 0.3) is 0 Å². The average molecular weight is 324 g/mol. The Labute approximate surface area is 145 Å². The summed E-state index contributed by atoms with van der Waals surface area (Å²) in [6.07, 6.45) is 6.51. The number of carbonyl (C=O) groups excluding carboxylic acids is 1. The Kier molecular flexibility index (Phi) is 3.48. The normalized spacial score (nSPS) is 38.0. The van der Waals surface area contributed by atoms with Crippen LogP contribution in [0.3, 0.4) is 0 Å². The molecule has 1 saturated heterocycles. The molecule has 1 aliphatic heterocycles. The molecule has 0 aromatic heterocycles. The smallest absolute Gasteiger partial charge is 0.229 e. The van der Waals surface area contributed by atoms with Crippen LogP contribution in [0.1, 0.15) is 37.7 Å². The molecule has 6 rings (SSSR count). The summed E-state index contributed by atoms with van der Waals surface area (Å²) in [7, 11) is 0. The van der Waals surface area contributed by atoms with Crippen LogP contribution in [-0.2, 0) is 11.3 Å². The largest absolute Gasteiger partial charge is 0.340 e. The minimum atomic E-state index is 0.0647. The lowest BCUT2D eigenvalue weighted by Crippen LogP contribution is -2.53. The van der Waals surface area contributed by atoms with Crippen LogP contribution in [-0.4, -0.2) is 41.9 Å². The first-order valence-electron chi connectivity index (χ1n) is 9.78. The fourth-order valence-corrected chi connectivity index (χ4v) is 6.41. The van der Waals surface area contributed by atoms with E-state index in [1.807, 2.05) is 0 Å². The van der Waals surface area contributed by atoms with E-state index in [0.717, 1.165) is 50.5 Å². The number of nitrogens with zero attached hydrogens (tertiary/aromatic N) is 2. The highest BCUT2D eigenvalue weighted by atomic mass is 16.2. The molecule has 1 heterocycles. The van der Waals surface area contributed by atoms with Gasteiger partial charge in [-0.15, -0.1) is 0 Å². The number of hydrogen-bond donors (Lipinski definition) is 0. The van der Waals surface area contributed by atoms with Gasteiger partial charge in [0.15, 0.2) is 0 Å². The third kappa shape index (κ3) is 2.32. The molecule has 0 spiro atoms. The topological polar surface area (TPSA) is 23.6 Å². The molecule has 5 fully saturated rings. The summed E-state index contributed by atoms with van der Waals surface area (Å²) in [5, 5.41) is 0. The number of piperazine rings is 1. The van der Waals surface area contributed by atoms with Gasteiger partial charge in [0.2, 0.25) is 5.91 Å². The molecule has 2 unspecified atom stereocenters. The zero-order valence-electron chi connectivity index (χ0n) is 14.5. The van der Waals surface area contributed by atoms with Crippen LogP contribution in [0, 0.1) is 23.2 Å². The minimum absolute atomic E-state index is 0.0647. The Bertz CT molecular complexity index is 606. The van der Waals surface area contributed by atoms with E-state index in [2.05, 4.69) is 40.1 Å². The van der Waals surface area contributed by atoms with Gasteiger partial charge in [0.25, 0.3) is 0 Å². The lowest BCUT2D eigenvalue weighted by atomic mass is 9.74. The van der Waals surface area contributed by atoms with Crippen molar-refractivity contribution in [1.82, 2.24) is 9.80 Å². The van der Waals surface area contributed by atoms with Crippen molar-refractivity contribution in [2.75, 3.05) is 26.2 Å². The van der Waals surface area contributed by atoms with E-state index in [-0.39, 0.29) is 5.41 Å². The Morgan fingerprint density at radius 2 is 1.62 bits per heavy atom.